The van der Waals surface area contributed by atoms with Gasteiger partial charge in [-0.3, -0.25) is 9.52 Å². The first-order chi connectivity index (χ1) is 16.0. The minimum atomic E-state index is -4.68. The largest absolute Gasteiger partial charge is 0.454 e. The minimum absolute atomic E-state index is 0.0405. The number of benzene rings is 3. The lowest BCUT2D eigenvalue weighted by atomic mass is 10.2. The number of hydrogen-bond acceptors (Lipinski definition) is 5. The van der Waals surface area contributed by atoms with Gasteiger partial charge in [-0.15, -0.1) is 0 Å². The number of carbonyl (C=O) groups is 1. The van der Waals surface area contributed by atoms with Crippen molar-refractivity contribution in [1.82, 2.24) is 5.32 Å². The average Bonchev–Trinajstić information content (AvgIpc) is 3.26. The van der Waals surface area contributed by atoms with Crippen molar-refractivity contribution >= 4 is 33.2 Å². The van der Waals surface area contributed by atoms with Crippen LogP contribution >= 0.6 is 11.6 Å². The standard InChI is InChI=1S/C22H16ClF3N2O5S/c23-17-6-5-15(22(24,25)26)10-18(17)28-34(30,31)16-3-1-2-14(9-16)21(29)27-11-13-4-7-19-20(8-13)33-12-32-19/h1-10,28H,11-12H2,(H,27,29). The number of alkyl halides is 3. The zero-order valence-electron chi connectivity index (χ0n) is 17.1. The average molecular weight is 513 g/mol. The van der Waals surface area contributed by atoms with E-state index < -0.39 is 33.4 Å². The molecule has 7 nitrogen and oxygen atoms in total. The number of sulfonamides is 1. The van der Waals surface area contributed by atoms with E-state index in [4.69, 9.17) is 21.1 Å². The summed E-state index contributed by atoms with van der Waals surface area (Å²) in [5.41, 5.74) is -0.721. The molecule has 4 rings (SSSR count). The van der Waals surface area contributed by atoms with Crippen LogP contribution in [0.15, 0.2) is 65.6 Å². The Morgan fingerprint density at radius 3 is 2.53 bits per heavy atom. The Kier molecular flexibility index (Phi) is 6.32. The predicted octanol–water partition coefficient (Wildman–Crippen LogP) is 4.82. The van der Waals surface area contributed by atoms with E-state index in [1.807, 2.05) is 4.72 Å². The van der Waals surface area contributed by atoms with Gasteiger partial charge in [-0.1, -0.05) is 23.7 Å². The summed E-state index contributed by atoms with van der Waals surface area (Å²) in [6.45, 7) is 0.261. The molecule has 34 heavy (non-hydrogen) atoms. The molecule has 3 aromatic rings. The van der Waals surface area contributed by atoms with Crippen molar-refractivity contribution in [3.63, 3.8) is 0 Å². The van der Waals surface area contributed by atoms with Gasteiger partial charge in [-0.2, -0.15) is 13.2 Å². The van der Waals surface area contributed by atoms with Crippen molar-refractivity contribution in [2.45, 2.75) is 17.6 Å². The van der Waals surface area contributed by atoms with Crippen LogP contribution in [0.1, 0.15) is 21.5 Å². The lowest BCUT2D eigenvalue weighted by Crippen LogP contribution is -2.23. The molecule has 0 spiro atoms. The Bertz CT molecular complexity index is 1360. The molecule has 1 aliphatic heterocycles. The Labute approximate surface area is 197 Å². The molecule has 0 aromatic heterocycles. The SMILES string of the molecule is O=C(NCc1ccc2c(c1)OCO2)c1cccc(S(=O)(=O)Nc2cc(C(F)(F)F)ccc2Cl)c1. The second-order valence-electron chi connectivity index (χ2n) is 7.20. The van der Waals surface area contributed by atoms with Crippen molar-refractivity contribution in [3.8, 4) is 11.5 Å². The monoisotopic (exact) mass is 512 g/mol. The van der Waals surface area contributed by atoms with Crippen LogP contribution in [-0.4, -0.2) is 21.1 Å². The van der Waals surface area contributed by atoms with E-state index in [0.717, 1.165) is 23.8 Å². The fourth-order valence-electron chi connectivity index (χ4n) is 3.12. The fraction of sp³-hybridized carbons (Fsp3) is 0.136. The molecule has 1 aliphatic rings. The third-order valence-corrected chi connectivity index (χ3v) is 6.53. The van der Waals surface area contributed by atoms with Crippen molar-refractivity contribution < 1.29 is 35.9 Å². The minimum Gasteiger partial charge on any atom is -0.454 e. The lowest BCUT2D eigenvalue weighted by Gasteiger charge is -2.13. The van der Waals surface area contributed by atoms with Crippen molar-refractivity contribution in [2.75, 3.05) is 11.5 Å². The highest BCUT2D eigenvalue weighted by Gasteiger charge is 2.31. The van der Waals surface area contributed by atoms with E-state index in [0.29, 0.717) is 17.6 Å². The van der Waals surface area contributed by atoms with Crippen LogP contribution in [0.5, 0.6) is 11.5 Å². The molecule has 1 heterocycles. The van der Waals surface area contributed by atoms with E-state index in [1.54, 1.807) is 18.2 Å². The number of carbonyl (C=O) groups excluding carboxylic acids is 1. The normalized spacial score (nSPS) is 12.9. The highest BCUT2D eigenvalue weighted by molar-refractivity contribution is 7.92. The Morgan fingerprint density at radius 2 is 1.76 bits per heavy atom. The van der Waals surface area contributed by atoms with Crippen LogP contribution in [0, 0.1) is 0 Å². The van der Waals surface area contributed by atoms with Crippen molar-refractivity contribution in [2.24, 2.45) is 0 Å². The third kappa shape index (κ3) is 5.20. The molecule has 0 bridgehead atoms. The second kappa shape index (κ2) is 9.07. The summed E-state index contributed by atoms with van der Waals surface area (Å²) in [7, 11) is -4.34. The predicted molar refractivity (Wildman–Crippen MR) is 117 cm³/mol. The summed E-state index contributed by atoms with van der Waals surface area (Å²) in [4.78, 5) is 12.2. The van der Waals surface area contributed by atoms with Gasteiger partial charge in [0.15, 0.2) is 11.5 Å². The maximum Gasteiger partial charge on any atom is 0.416 e. The molecule has 0 atom stereocenters. The maximum absolute atomic E-state index is 13.0. The van der Waals surface area contributed by atoms with E-state index >= 15 is 0 Å². The molecule has 0 saturated carbocycles. The Balaban J connectivity index is 1.49. The van der Waals surface area contributed by atoms with Gasteiger partial charge in [0.2, 0.25) is 6.79 Å². The molecule has 0 unspecified atom stereocenters. The fourth-order valence-corrected chi connectivity index (χ4v) is 4.46. The molecular weight excluding hydrogens is 497 g/mol. The smallest absolute Gasteiger partial charge is 0.416 e. The Morgan fingerprint density at radius 1 is 1.00 bits per heavy atom. The van der Waals surface area contributed by atoms with Gasteiger partial charge < -0.3 is 14.8 Å². The number of hydrogen-bond donors (Lipinski definition) is 2. The van der Waals surface area contributed by atoms with E-state index in [2.05, 4.69) is 5.32 Å². The quantitative estimate of drug-likeness (QED) is 0.494. The molecule has 3 aromatic carbocycles. The zero-order chi connectivity index (χ0) is 24.5. The molecule has 12 heteroatoms. The molecule has 0 aliphatic carbocycles. The van der Waals surface area contributed by atoms with Crippen molar-refractivity contribution in [1.29, 1.82) is 0 Å². The summed E-state index contributed by atoms with van der Waals surface area (Å²) in [6.07, 6.45) is -4.68. The Hall–Kier alpha value is -3.44. The van der Waals surface area contributed by atoms with E-state index in [9.17, 15) is 26.4 Å². The first kappa shape index (κ1) is 23.7. The van der Waals surface area contributed by atoms with Gasteiger partial charge in [-0.25, -0.2) is 8.42 Å². The third-order valence-electron chi connectivity index (χ3n) is 4.83. The summed E-state index contributed by atoms with van der Waals surface area (Å²) >= 11 is 5.88. The lowest BCUT2D eigenvalue weighted by molar-refractivity contribution is -0.137. The highest BCUT2D eigenvalue weighted by Crippen LogP contribution is 2.35. The number of fused-ring (bicyclic) bond motifs is 1. The molecule has 0 fully saturated rings. The molecule has 2 N–H and O–H groups in total. The van der Waals surface area contributed by atoms with Crippen LogP contribution in [-0.2, 0) is 22.7 Å². The maximum atomic E-state index is 13.0. The molecule has 1 amide bonds. The number of anilines is 1. The van der Waals surface area contributed by atoms with Crippen LogP contribution in [0.3, 0.4) is 0 Å². The van der Waals surface area contributed by atoms with Crippen LogP contribution < -0.4 is 19.5 Å². The van der Waals surface area contributed by atoms with Crippen LogP contribution in [0.2, 0.25) is 5.02 Å². The van der Waals surface area contributed by atoms with E-state index in [-0.39, 0.29) is 28.8 Å². The number of amides is 1. The molecule has 0 saturated heterocycles. The second-order valence-corrected chi connectivity index (χ2v) is 9.29. The van der Waals surface area contributed by atoms with Gasteiger partial charge >= 0.3 is 6.18 Å². The first-order valence-corrected chi connectivity index (χ1v) is 11.6. The summed E-state index contributed by atoms with van der Waals surface area (Å²) in [5.74, 6) is 0.604. The number of rotatable bonds is 6. The zero-order valence-corrected chi connectivity index (χ0v) is 18.7. The number of ether oxygens (including phenoxy) is 2. The summed E-state index contributed by atoms with van der Waals surface area (Å²) in [5, 5.41) is 2.46. The van der Waals surface area contributed by atoms with Crippen LogP contribution in [0.4, 0.5) is 18.9 Å². The van der Waals surface area contributed by atoms with Gasteiger partial charge in [0, 0.05) is 12.1 Å². The van der Waals surface area contributed by atoms with Crippen molar-refractivity contribution in [3.05, 3.63) is 82.4 Å². The van der Waals surface area contributed by atoms with Crippen LogP contribution in [0.25, 0.3) is 0 Å². The van der Waals surface area contributed by atoms with Gasteiger partial charge in [0.05, 0.1) is 21.2 Å². The van der Waals surface area contributed by atoms with Gasteiger partial charge in [0.25, 0.3) is 15.9 Å². The van der Waals surface area contributed by atoms with E-state index in [1.165, 1.54) is 18.2 Å². The molecule has 178 valence electrons. The topological polar surface area (TPSA) is 93.7 Å². The first-order valence-electron chi connectivity index (χ1n) is 9.69. The summed E-state index contributed by atoms with van der Waals surface area (Å²) in [6, 6.07) is 12.5. The highest BCUT2D eigenvalue weighted by atomic mass is 35.5. The molecular formula is C22H16ClF3N2O5S. The summed E-state index contributed by atoms with van der Waals surface area (Å²) < 4.78 is 77.0. The van der Waals surface area contributed by atoms with Gasteiger partial charge in [0.1, 0.15) is 0 Å². The molecule has 0 radical (unpaired) electrons. The van der Waals surface area contributed by atoms with Gasteiger partial charge in [-0.05, 0) is 54.1 Å². The number of halogens is 4. The number of nitrogens with one attached hydrogen (secondary N) is 2.